The lowest BCUT2D eigenvalue weighted by Gasteiger charge is -2.33. The molecule has 0 radical (unpaired) electrons. The van der Waals surface area contributed by atoms with E-state index >= 15 is 0 Å². The predicted molar refractivity (Wildman–Crippen MR) is 79.3 cm³/mol. The van der Waals surface area contributed by atoms with Gasteiger partial charge in [0.2, 0.25) is 23.6 Å². The van der Waals surface area contributed by atoms with E-state index in [1.54, 1.807) is 19.4 Å². The van der Waals surface area contributed by atoms with Crippen LogP contribution in [0.1, 0.15) is 38.5 Å². The minimum Gasteiger partial charge on any atom is -0.481 e. The van der Waals surface area contributed by atoms with Gasteiger partial charge in [-0.25, -0.2) is 4.98 Å². The number of rotatable bonds is 4. The van der Waals surface area contributed by atoms with Crippen LogP contribution in [-0.4, -0.2) is 45.9 Å². The summed E-state index contributed by atoms with van der Waals surface area (Å²) in [5.74, 6) is 1.05. The van der Waals surface area contributed by atoms with E-state index in [9.17, 15) is 9.59 Å². The number of amides is 2. The molecule has 0 spiro atoms. The summed E-state index contributed by atoms with van der Waals surface area (Å²) < 4.78 is 5.08. The number of ether oxygens (including phenoxy) is 1. The predicted octanol–water partition coefficient (Wildman–Crippen LogP) is 1.36. The molecule has 0 atom stereocenters. The van der Waals surface area contributed by atoms with Crippen molar-refractivity contribution >= 4 is 17.8 Å². The van der Waals surface area contributed by atoms with Gasteiger partial charge in [0.15, 0.2) is 0 Å². The highest BCUT2D eigenvalue weighted by Gasteiger charge is 2.36. The first-order valence-corrected chi connectivity index (χ1v) is 7.66. The molecule has 2 amide bonds. The lowest BCUT2D eigenvalue weighted by atomic mass is 9.90. The van der Waals surface area contributed by atoms with Crippen LogP contribution in [0.5, 0.6) is 5.88 Å². The second kappa shape index (κ2) is 6.29. The molecule has 0 aromatic carbocycles. The molecule has 1 saturated heterocycles. The molecule has 2 aliphatic rings. The van der Waals surface area contributed by atoms with Gasteiger partial charge in [0.25, 0.3) is 0 Å². The number of hydrogen-bond donors (Lipinski definition) is 1. The molecule has 1 saturated carbocycles. The number of nitrogens with one attached hydrogen (secondary N) is 1. The van der Waals surface area contributed by atoms with Crippen LogP contribution in [0.15, 0.2) is 12.3 Å². The Hall–Kier alpha value is -2.18. The summed E-state index contributed by atoms with van der Waals surface area (Å²) >= 11 is 0. The molecule has 2 heterocycles. The summed E-state index contributed by atoms with van der Waals surface area (Å²) in [6.45, 7) is 0. The molecule has 3 rings (SSSR count). The molecule has 7 nitrogen and oxygen atoms in total. The third kappa shape index (κ3) is 3.03. The van der Waals surface area contributed by atoms with Gasteiger partial charge in [0.05, 0.1) is 7.11 Å². The fourth-order valence-corrected chi connectivity index (χ4v) is 3.19. The van der Waals surface area contributed by atoms with Crippen LogP contribution in [0.3, 0.4) is 0 Å². The third-order valence-corrected chi connectivity index (χ3v) is 4.32. The van der Waals surface area contributed by atoms with E-state index in [4.69, 9.17) is 4.74 Å². The molecule has 7 heteroatoms. The van der Waals surface area contributed by atoms with Crippen LogP contribution in [0.2, 0.25) is 0 Å². The molecule has 22 heavy (non-hydrogen) atoms. The summed E-state index contributed by atoms with van der Waals surface area (Å²) in [5.41, 5.74) is 0. The number of imide groups is 1. The van der Waals surface area contributed by atoms with Gasteiger partial charge in [-0.1, -0.05) is 0 Å². The zero-order valence-electron chi connectivity index (χ0n) is 12.6. The van der Waals surface area contributed by atoms with E-state index in [1.807, 2.05) is 0 Å². The topological polar surface area (TPSA) is 84.4 Å². The Balaban J connectivity index is 1.55. The number of carbonyl (C=O) groups is 2. The Bertz CT molecular complexity index is 554. The van der Waals surface area contributed by atoms with Crippen molar-refractivity contribution < 1.29 is 14.3 Å². The van der Waals surface area contributed by atoms with Crippen molar-refractivity contribution in [3.05, 3.63) is 12.3 Å². The van der Waals surface area contributed by atoms with Crippen LogP contribution in [0.4, 0.5) is 5.95 Å². The first-order chi connectivity index (χ1) is 10.7. The van der Waals surface area contributed by atoms with Gasteiger partial charge in [-0.2, -0.15) is 4.98 Å². The highest BCUT2D eigenvalue weighted by molar-refractivity contribution is 6.02. The maximum absolute atomic E-state index is 11.8. The van der Waals surface area contributed by atoms with Gasteiger partial charge >= 0.3 is 0 Å². The van der Waals surface area contributed by atoms with Gasteiger partial charge in [-0.3, -0.25) is 14.5 Å². The smallest absolute Gasteiger partial charge is 0.229 e. The van der Waals surface area contributed by atoms with Gasteiger partial charge in [-0.05, 0) is 25.7 Å². The molecule has 1 aromatic heterocycles. The highest BCUT2D eigenvalue weighted by Crippen LogP contribution is 2.28. The first-order valence-electron chi connectivity index (χ1n) is 7.66. The Morgan fingerprint density at radius 1 is 1.18 bits per heavy atom. The minimum absolute atomic E-state index is 0.0162. The molecule has 0 unspecified atom stereocenters. The van der Waals surface area contributed by atoms with Crippen molar-refractivity contribution in [3.63, 3.8) is 0 Å². The van der Waals surface area contributed by atoms with Crippen molar-refractivity contribution in [2.24, 2.45) is 0 Å². The maximum atomic E-state index is 11.8. The number of nitrogens with zero attached hydrogens (tertiary/aromatic N) is 3. The SMILES string of the molecule is COc1ccnc(NC2CCC(N3C(=O)CCC3=O)CC2)n1. The number of likely N-dealkylation sites (tertiary alicyclic amines) is 1. The van der Waals surface area contributed by atoms with Crippen molar-refractivity contribution in [2.45, 2.75) is 50.6 Å². The van der Waals surface area contributed by atoms with E-state index in [-0.39, 0.29) is 23.9 Å². The van der Waals surface area contributed by atoms with Crippen molar-refractivity contribution in [1.82, 2.24) is 14.9 Å². The fraction of sp³-hybridized carbons (Fsp3) is 0.600. The van der Waals surface area contributed by atoms with E-state index in [2.05, 4.69) is 15.3 Å². The normalized spacial score (nSPS) is 25.4. The van der Waals surface area contributed by atoms with Crippen molar-refractivity contribution in [2.75, 3.05) is 12.4 Å². The summed E-state index contributed by atoms with van der Waals surface area (Å²) in [7, 11) is 1.57. The van der Waals surface area contributed by atoms with Crippen LogP contribution in [-0.2, 0) is 9.59 Å². The lowest BCUT2D eigenvalue weighted by Crippen LogP contribution is -2.43. The van der Waals surface area contributed by atoms with E-state index in [0.29, 0.717) is 24.7 Å². The van der Waals surface area contributed by atoms with Crippen LogP contribution in [0.25, 0.3) is 0 Å². The second-order valence-corrected chi connectivity index (χ2v) is 5.73. The van der Waals surface area contributed by atoms with E-state index in [0.717, 1.165) is 25.7 Å². The Kier molecular flexibility index (Phi) is 4.22. The third-order valence-electron chi connectivity index (χ3n) is 4.32. The van der Waals surface area contributed by atoms with Crippen LogP contribution in [0, 0.1) is 0 Å². The second-order valence-electron chi connectivity index (χ2n) is 5.73. The molecule has 118 valence electrons. The van der Waals surface area contributed by atoms with E-state index in [1.165, 1.54) is 4.90 Å². The Morgan fingerprint density at radius 3 is 2.50 bits per heavy atom. The summed E-state index contributed by atoms with van der Waals surface area (Å²) in [4.78, 5) is 33.5. The zero-order valence-corrected chi connectivity index (χ0v) is 12.6. The summed E-state index contributed by atoms with van der Waals surface area (Å²) in [5, 5.41) is 3.30. The molecule has 2 fully saturated rings. The summed E-state index contributed by atoms with van der Waals surface area (Å²) in [6, 6.07) is 2.02. The zero-order chi connectivity index (χ0) is 15.5. The fourth-order valence-electron chi connectivity index (χ4n) is 3.19. The minimum atomic E-state index is -0.0162. The first kappa shape index (κ1) is 14.7. The molecule has 0 bridgehead atoms. The molecular weight excluding hydrogens is 284 g/mol. The number of methoxy groups -OCH3 is 1. The standard InChI is InChI=1S/C15H20N4O3/c1-22-12-8-9-16-15(18-12)17-10-2-4-11(5-3-10)19-13(20)6-7-14(19)21/h8-11H,2-7H2,1H3,(H,16,17,18). The molecule has 1 aliphatic heterocycles. The van der Waals surface area contributed by atoms with Crippen molar-refractivity contribution in [3.8, 4) is 5.88 Å². The van der Waals surface area contributed by atoms with Crippen molar-refractivity contribution in [1.29, 1.82) is 0 Å². The Morgan fingerprint density at radius 2 is 1.86 bits per heavy atom. The Labute approximate surface area is 129 Å². The van der Waals surface area contributed by atoms with Gasteiger partial charge in [0, 0.05) is 37.2 Å². The van der Waals surface area contributed by atoms with Crippen LogP contribution >= 0.6 is 0 Å². The summed E-state index contributed by atoms with van der Waals surface area (Å²) in [6.07, 6.45) is 5.84. The number of hydrogen-bond acceptors (Lipinski definition) is 6. The van der Waals surface area contributed by atoms with Gasteiger partial charge < -0.3 is 10.1 Å². The van der Waals surface area contributed by atoms with Gasteiger partial charge in [-0.15, -0.1) is 0 Å². The quantitative estimate of drug-likeness (QED) is 0.845. The molecule has 1 aliphatic carbocycles. The largest absolute Gasteiger partial charge is 0.481 e. The maximum Gasteiger partial charge on any atom is 0.229 e. The highest BCUT2D eigenvalue weighted by atomic mass is 16.5. The monoisotopic (exact) mass is 304 g/mol. The average molecular weight is 304 g/mol. The van der Waals surface area contributed by atoms with Crippen LogP contribution < -0.4 is 10.1 Å². The lowest BCUT2D eigenvalue weighted by molar-refractivity contribution is -0.141. The van der Waals surface area contributed by atoms with E-state index < -0.39 is 0 Å². The number of anilines is 1. The molecule has 1 aromatic rings. The number of carbonyl (C=O) groups excluding carboxylic acids is 2. The molecule has 1 N–H and O–H groups in total. The molecular formula is C15H20N4O3. The van der Waals surface area contributed by atoms with Gasteiger partial charge in [0.1, 0.15) is 0 Å². The average Bonchev–Trinajstić information content (AvgIpc) is 2.87. The number of aromatic nitrogens is 2.